The Kier molecular flexibility index (Phi) is 5.07. The Hall–Kier alpha value is -3.08. The number of pyridine rings is 1. The van der Waals surface area contributed by atoms with Gasteiger partial charge in [-0.25, -0.2) is 0 Å². The van der Waals surface area contributed by atoms with Crippen molar-refractivity contribution in [3.05, 3.63) is 75.6 Å². The molecule has 0 aliphatic carbocycles. The Bertz CT molecular complexity index is 988. The summed E-state index contributed by atoms with van der Waals surface area (Å²) in [7, 11) is 1.58. The highest BCUT2D eigenvalue weighted by atomic mass is 16.5. The number of carbonyl (C=O) groups is 1. The molecule has 0 radical (unpaired) electrons. The van der Waals surface area contributed by atoms with E-state index >= 15 is 0 Å². The Morgan fingerprint density at radius 3 is 2.50 bits per heavy atom. The van der Waals surface area contributed by atoms with Crippen LogP contribution in [0.15, 0.2) is 53.3 Å². The summed E-state index contributed by atoms with van der Waals surface area (Å²) in [4.78, 5) is 27.4. The van der Waals surface area contributed by atoms with E-state index in [1.54, 1.807) is 31.4 Å². The third kappa shape index (κ3) is 3.77. The minimum atomic E-state index is -0.233. The van der Waals surface area contributed by atoms with E-state index in [0.717, 1.165) is 10.9 Å². The first-order valence-electron chi connectivity index (χ1n) is 8.56. The van der Waals surface area contributed by atoms with Crippen molar-refractivity contribution in [3.8, 4) is 5.75 Å². The van der Waals surface area contributed by atoms with Crippen LogP contribution in [0.25, 0.3) is 10.9 Å². The second kappa shape index (κ2) is 7.44. The van der Waals surface area contributed by atoms with Gasteiger partial charge in [-0.3, -0.25) is 9.59 Å². The predicted octanol–water partition coefficient (Wildman–Crippen LogP) is 3.59. The Balaban J connectivity index is 1.79. The Labute approximate surface area is 152 Å². The summed E-state index contributed by atoms with van der Waals surface area (Å²) in [5.41, 5.74) is 2.86. The van der Waals surface area contributed by atoms with Gasteiger partial charge in [0.15, 0.2) is 0 Å². The molecule has 3 rings (SSSR count). The molecule has 0 atom stereocenters. The highest BCUT2D eigenvalue weighted by Crippen LogP contribution is 2.20. The Morgan fingerprint density at radius 2 is 1.85 bits per heavy atom. The molecule has 0 unspecified atom stereocenters. The average Bonchev–Trinajstić information content (AvgIpc) is 2.65. The van der Waals surface area contributed by atoms with Crippen LogP contribution in [-0.4, -0.2) is 18.0 Å². The molecule has 0 bridgehead atoms. The highest BCUT2D eigenvalue weighted by molar-refractivity contribution is 5.94. The van der Waals surface area contributed by atoms with Gasteiger partial charge in [-0.1, -0.05) is 19.9 Å². The number of hydrogen-bond acceptors (Lipinski definition) is 3. The first-order chi connectivity index (χ1) is 12.5. The molecule has 1 heterocycles. The van der Waals surface area contributed by atoms with Gasteiger partial charge in [0.1, 0.15) is 5.75 Å². The number of rotatable bonds is 5. The lowest BCUT2D eigenvalue weighted by Gasteiger charge is -2.09. The lowest BCUT2D eigenvalue weighted by atomic mass is 10.0. The summed E-state index contributed by atoms with van der Waals surface area (Å²) in [5, 5.41) is 3.76. The zero-order valence-electron chi connectivity index (χ0n) is 15.1. The number of aromatic nitrogens is 1. The van der Waals surface area contributed by atoms with E-state index in [1.165, 1.54) is 5.56 Å². The third-order valence-corrected chi connectivity index (χ3v) is 4.40. The van der Waals surface area contributed by atoms with Gasteiger partial charge < -0.3 is 15.0 Å². The van der Waals surface area contributed by atoms with E-state index in [9.17, 15) is 9.59 Å². The predicted molar refractivity (Wildman–Crippen MR) is 103 cm³/mol. The smallest absolute Gasteiger partial charge is 0.253 e. The molecule has 2 N–H and O–H groups in total. The number of hydrogen-bond donors (Lipinski definition) is 2. The molecule has 5 heteroatoms. The summed E-state index contributed by atoms with van der Waals surface area (Å²) in [6.45, 7) is 4.42. The third-order valence-electron chi connectivity index (χ3n) is 4.40. The number of amides is 1. The molecular formula is C21H22N2O3. The van der Waals surface area contributed by atoms with Crippen LogP contribution in [0.3, 0.4) is 0 Å². The second-order valence-corrected chi connectivity index (χ2v) is 6.54. The fourth-order valence-electron chi connectivity index (χ4n) is 2.78. The largest absolute Gasteiger partial charge is 0.497 e. The molecule has 1 aromatic heterocycles. The number of benzene rings is 2. The monoisotopic (exact) mass is 350 g/mol. The number of aromatic amines is 1. The summed E-state index contributed by atoms with van der Waals surface area (Å²) in [5.74, 6) is 0.862. The molecule has 1 amide bonds. The van der Waals surface area contributed by atoms with E-state index in [2.05, 4.69) is 30.2 Å². The van der Waals surface area contributed by atoms with Crippen LogP contribution in [0, 0.1) is 0 Å². The molecule has 0 saturated carbocycles. The van der Waals surface area contributed by atoms with Crippen molar-refractivity contribution in [2.75, 3.05) is 7.11 Å². The van der Waals surface area contributed by atoms with Crippen molar-refractivity contribution in [2.45, 2.75) is 26.3 Å². The lowest BCUT2D eigenvalue weighted by Crippen LogP contribution is -2.26. The molecule has 0 fully saturated rings. The van der Waals surface area contributed by atoms with Crippen molar-refractivity contribution >= 4 is 16.8 Å². The maximum absolute atomic E-state index is 12.3. The van der Waals surface area contributed by atoms with Crippen LogP contribution in [0.1, 0.15) is 41.3 Å². The molecule has 5 nitrogen and oxygen atoms in total. The van der Waals surface area contributed by atoms with E-state index < -0.39 is 0 Å². The van der Waals surface area contributed by atoms with Crippen molar-refractivity contribution in [3.63, 3.8) is 0 Å². The van der Waals surface area contributed by atoms with Gasteiger partial charge in [0.2, 0.25) is 0 Å². The molecule has 26 heavy (non-hydrogen) atoms. The first kappa shape index (κ1) is 17.7. The van der Waals surface area contributed by atoms with Crippen LogP contribution in [-0.2, 0) is 6.54 Å². The van der Waals surface area contributed by atoms with Gasteiger partial charge in [0.25, 0.3) is 11.5 Å². The molecule has 0 aliphatic heterocycles. The minimum absolute atomic E-state index is 0.169. The van der Waals surface area contributed by atoms with Gasteiger partial charge in [-0.2, -0.15) is 0 Å². The normalized spacial score (nSPS) is 10.9. The summed E-state index contributed by atoms with van der Waals surface area (Å²) in [6.07, 6.45) is 0. The van der Waals surface area contributed by atoms with E-state index in [1.807, 2.05) is 18.2 Å². The summed E-state index contributed by atoms with van der Waals surface area (Å²) >= 11 is 0. The van der Waals surface area contributed by atoms with Gasteiger partial charge in [-0.15, -0.1) is 0 Å². The number of fused-ring (bicyclic) bond motifs is 1. The minimum Gasteiger partial charge on any atom is -0.497 e. The quantitative estimate of drug-likeness (QED) is 0.739. The lowest BCUT2D eigenvalue weighted by molar-refractivity contribution is 0.0951. The number of H-pyrrole nitrogens is 1. The summed E-state index contributed by atoms with van der Waals surface area (Å²) < 4.78 is 5.08. The van der Waals surface area contributed by atoms with Crippen LogP contribution < -0.4 is 15.6 Å². The van der Waals surface area contributed by atoms with Gasteiger partial charge in [0, 0.05) is 23.2 Å². The zero-order chi connectivity index (χ0) is 18.7. The second-order valence-electron chi connectivity index (χ2n) is 6.54. The van der Waals surface area contributed by atoms with Crippen LogP contribution in [0.4, 0.5) is 0 Å². The van der Waals surface area contributed by atoms with Gasteiger partial charge >= 0.3 is 0 Å². The number of methoxy groups -OCH3 is 1. The number of ether oxygens (including phenoxy) is 1. The molecule has 2 aromatic carbocycles. The zero-order valence-corrected chi connectivity index (χ0v) is 15.1. The highest BCUT2D eigenvalue weighted by Gasteiger charge is 2.09. The fourth-order valence-corrected chi connectivity index (χ4v) is 2.78. The molecule has 3 aromatic rings. The van der Waals surface area contributed by atoms with Crippen molar-refractivity contribution in [1.29, 1.82) is 0 Å². The average molecular weight is 350 g/mol. The molecule has 0 aliphatic rings. The fraction of sp³-hybridized carbons (Fsp3) is 0.238. The molecule has 0 spiro atoms. The van der Waals surface area contributed by atoms with Gasteiger partial charge in [0.05, 0.1) is 7.11 Å². The topological polar surface area (TPSA) is 71.2 Å². The van der Waals surface area contributed by atoms with Crippen molar-refractivity contribution in [1.82, 2.24) is 10.3 Å². The molecular weight excluding hydrogens is 328 g/mol. The van der Waals surface area contributed by atoms with Gasteiger partial charge in [-0.05, 0) is 59.3 Å². The Morgan fingerprint density at radius 1 is 1.12 bits per heavy atom. The first-order valence-corrected chi connectivity index (χ1v) is 8.56. The standard InChI is InChI=1S/C21H22N2O3/c1-13(2)15-6-9-19-16(10-15)11-17(21(25)23-19)12-22-20(24)14-4-7-18(26-3)8-5-14/h4-11,13H,12H2,1-3H3,(H,22,24)(H,23,25). The number of nitrogens with one attached hydrogen (secondary N) is 2. The van der Waals surface area contributed by atoms with Crippen molar-refractivity contribution < 1.29 is 9.53 Å². The van der Waals surface area contributed by atoms with Crippen LogP contribution in [0.5, 0.6) is 5.75 Å². The van der Waals surface area contributed by atoms with E-state index in [4.69, 9.17) is 4.74 Å². The van der Waals surface area contributed by atoms with Crippen molar-refractivity contribution in [2.24, 2.45) is 0 Å². The molecule has 0 saturated heterocycles. The maximum atomic E-state index is 12.3. The SMILES string of the molecule is COc1ccc(C(=O)NCc2cc3cc(C(C)C)ccc3[nH]c2=O)cc1. The maximum Gasteiger partial charge on any atom is 0.253 e. The summed E-state index contributed by atoms with van der Waals surface area (Å²) in [6, 6.07) is 14.7. The number of carbonyl (C=O) groups excluding carboxylic acids is 1. The van der Waals surface area contributed by atoms with E-state index in [0.29, 0.717) is 22.8 Å². The molecule has 134 valence electrons. The van der Waals surface area contributed by atoms with Crippen LogP contribution >= 0.6 is 0 Å². The van der Waals surface area contributed by atoms with E-state index in [-0.39, 0.29) is 18.0 Å². The van der Waals surface area contributed by atoms with Crippen LogP contribution in [0.2, 0.25) is 0 Å².